The topological polar surface area (TPSA) is 133 Å². The summed E-state index contributed by atoms with van der Waals surface area (Å²) in [7, 11) is 0. The molecule has 3 heterocycles. The molecule has 0 aliphatic carbocycles. The molecule has 4 rings (SSSR count). The second kappa shape index (κ2) is 12.9. The van der Waals surface area contributed by atoms with E-state index in [4.69, 9.17) is 24.4 Å². The number of aromatic nitrogens is 5. The van der Waals surface area contributed by atoms with Crippen LogP contribution in [0.2, 0.25) is 0 Å². The van der Waals surface area contributed by atoms with Gasteiger partial charge in [-0.25, -0.2) is 14.8 Å². The highest BCUT2D eigenvalue weighted by atomic mass is 19.4. The van der Waals surface area contributed by atoms with E-state index in [1.807, 2.05) is 6.92 Å². The summed E-state index contributed by atoms with van der Waals surface area (Å²) in [4.78, 5) is 21.0. The molecule has 0 bridgehead atoms. The molecular weight excluding hydrogens is 535 g/mol. The number of hydrogen-bond donors (Lipinski definition) is 2. The van der Waals surface area contributed by atoms with Crippen molar-refractivity contribution in [3.63, 3.8) is 0 Å². The summed E-state index contributed by atoms with van der Waals surface area (Å²) in [6.07, 6.45) is 1.44. The number of carbonyl (C=O) groups is 1. The molecule has 1 aromatic carbocycles. The first kappa shape index (κ1) is 29.0. The molecule has 0 radical (unpaired) electrons. The van der Waals surface area contributed by atoms with Gasteiger partial charge in [0.2, 0.25) is 5.65 Å². The summed E-state index contributed by atoms with van der Waals surface area (Å²) < 4.78 is 60.2. The zero-order valence-electron chi connectivity index (χ0n) is 21.6. The summed E-state index contributed by atoms with van der Waals surface area (Å²) in [5.74, 6) is -0.139. The number of benzene rings is 1. The summed E-state index contributed by atoms with van der Waals surface area (Å²) >= 11 is 0. The van der Waals surface area contributed by atoms with Gasteiger partial charge in [-0.1, -0.05) is 6.92 Å². The molecule has 0 amide bonds. The summed E-state index contributed by atoms with van der Waals surface area (Å²) in [6.45, 7) is 2.02. The van der Waals surface area contributed by atoms with E-state index in [9.17, 15) is 18.0 Å². The Bertz CT molecular complexity index is 1450. The third-order valence-electron chi connectivity index (χ3n) is 5.84. The Morgan fingerprint density at radius 2 is 1.93 bits per heavy atom. The number of imidazole rings is 1. The van der Waals surface area contributed by atoms with E-state index in [0.29, 0.717) is 23.3 Å². The number of fused-ring (bicyclic) bond motifs is 1. The van der Waals surface area contributed by atoms with E-state index in [2.05, 4.69) is 15.1 Å². The quantitative estimate of drug-likeness (QED) is 0.185. The van der Waals surface area contributed by atoms with Crippen LogP contribution in [0.15, 0.2) is 43.0 Å². The molecule has 0 atom stereocenters. The van der Waals surface area contributed by atoms with E-state index >= 15 is 0 Å². The van der Waals surface area contributed by atoms with Gasteiger partial charge in [0, 0.05) is 31.7 Å². The van der Waals surface area contributed by atoms with Gasteiger partial charge in [-0.2, -0.15) is 18.3 Å². The highest BCUT2D eigenvalue weighted by Gasteiger charge is 2.38. The predicted molar refractivity (Wildman–Crippen MR) is 135 cm³/mol. The number of halogens is 3. The maximum absolute atomic E-state index is 13.8. The van der Waals surface area contributed by atoms with Crippen molar-refractivity contribution in [1.82, 2.24) is 24.1 Å². The van der Waals surface area contributed by atoms with Crippen molar-refractivity contribution in [2.45, 2.75) is 32.5 Å². The Morgan fingerprint density at radius 3 is 2.65 bits per heavy atom. The number of hydrogen-bond acceptors (Lipinski definition) is 9. The standard InChI is InChI=1S/C26H28F3N5O6/c1-2-17-14-18(4-5-19(17)25(37)39-13-12-38-11-10-36)40-24-23-31-15-21(34(23)8-6-30-24)20-16-33(7-3-9-35)32-22(20)26(27,28)29/h4-6,8,14-16,35-36H,2-3,7,9-13H2,1H3. The van der Waals surface area contributed by atoms with E-state index in [-0.39, 0.29) is 68.8 Å². The van der Waals surface area contributed by atoms with Crippen molar-refractivity contribution < 1.29 is 42.4 Å². The Morgan fingerprint density at radius 1 is 1.10 bits per heavy atom. The molecule has 3 aromatic heterocycles. The SMILES string of the molecule is CCc1cc(Oc2nccn3c(-c4cn(CCCO)nc4C(F)(F)F)cnc23)ccc1C(=O)OCCOCCO. The number of aryl methyl sites for hydroxylation is 2. The number of carbonyl (C=O) groups excluding carboxylic acids is 1. The molecule has 14 heteroatoms. The zero-order chi connectivity index (χ0) is 28.7. The molecule has 0 unspecified atom stereocenters. The fourth-order valence-corrected chi connectivity index (χ4v) is 4.01. The number of alkyl halides is 3. The molecule has 0 aliphatic rings. The summed E-state index contributed by atoms with van der Waals surface area (Å²) in [6, 6.07) is 4.76. The van der Waals surface area contributed by atoms with Gasteiger partial charge in [-0.3, -0.25) is 9.08 Å². The van der Waals surface area contributed by atoms with E-state index in [1.54, 1.807) is 18.2 Å². The monoisotopic (exact) mass is 563 g/mol. The van der Waals surface area contributed by atoms with Crippen molar-refractivity contribution in [2.75, 3.05) is 33.0 Å². The van der Waals surface area contributed by atoms with Crippen molar-refractivity contribution in [3.8, 4) is 22.9 Å². The molecular formula is C26H28F3N5O6. The zero-order valence-corrected chi connectivity index (χ0v) is 21.6. The molecule has 2 N–H and O–H groups in total. The van der Waals surface area contributed by atoms with E-state index < -0.39 is 17.8 Å². The van der Waals surface area contributed by atoms with Crippen LogP contribution in [-0.4, -0.2) is 73.4 Å². The second-order valence-electron chi connectivity index (χ2n) is 8.55. The first-order chi connectivity index (χ1) is 19.3. The van der Waals surface area contributed by atoms with Gasteiger partial charge in [0.25, 0.3) is 5.88 Å². The van der Waals surface area contributed by atoms with Crippen LogP contribution in [0.3, 0.4) is 0 Å². The third kappa shape index (κ3) is 6.58. The predicted octanol–water partition coefficient (Wildman–Crippen LogP) is 3.51. The maximum atomic E-state index is 13.8. The molecule has 11 nitrogen and oxygen atoms in total. The lowest BCUT2D eigenvalue weighted by Gasteiger charge is -2.12. The van der Waals surface area contributed by atoms with Crippen molar-refractivity contribution in [1.29, 1.82) is 0 Å². The summed E-state index contributed by atoms with van der Waals surface area (Å²) in [5, 5.41) is 21.5. The van der Waals surface area contributed by atoms with Gasteiger partial charge in [-0.05, 0) is 36.6 Å². The van der Waals surface area contributed by atoms with Crippen LogP contribution in [0.25, 0.3) is 16.9 Å². The molecule has 0 fully saturated rings. The van der Waals surface area contributed by atoms with Crippen LogP contribution in [0, 0.1) is 0 Å². The minimum atomic E-state index is -4.71. The molecule has 0 aliphatic heterocycles. The molecule has 0 saturated carbocycles. The number of ether oxygens (including phenoxy) is 3. The summed E-state index contributed by atoms with van der Waals surface area (Å²) in [5.41, 5.74) is 0.0804. The van der Waals surface area contributed by atoms with Crippen molar-refractivity contribution in [2.24, 2.45) is 0 Å². The molecule has 40 heavy (non-hydrogen) atoms. The Hall–Kier alpha value is -4.01. The number of rotatable bonds is 13. The normalized spacial score (nSPS) is 11.8. The van der Waals surface area contributed by atoms with Gasteiger partial charge in [0.15, 0.2) is 5.69 Å². The first-order valence-electron chi connectivity index (χ1n) is 12.5. The lowest BCUT2D eigenvalue weighted by Crippen LogP contribution is -2.13. The van der Waals surface area contributed by atoms with Crippen LogP contribution < -0.4 is 4.74 Å². The largest absolute Gasteiger partial charge is 0.460 e. The number of nitrogens with zero attached hydrogens (tertiary/aromatic N) is 5. The fraction of sp³-hybridized carbons (Fsp3) is 0.385. The van der Waals surface area contributed by atoms with Crippen LogP contribution in [0.1, 0.15) is 35.0 Å². The van der Waals surface area contributed by atoms with Gasteiger partial charge < -0.3 is 24.4 Å². The molecule has 4 aromatic rings. The van der Waals surface area contributed by atoms with Crippen LogP contribution in [-0.2, 0) is 28.6 Å². The van der Waals surface area contributed by atoms with Gasteiger partial charge >= 0.3 is 12.1 Å². The number of aliphatic hydroxyl groups is 2. The van der Waals surface area contributed by atoms with Crippen LogP contribution in [0.4, 0.5) is 13.2 Å². The van der Waals surface area contributed by atoms with Crippen LogP contribution >= 0.6 is 0 Å². The highest BCUT2D eigenvalue weighted by Crippen LogP contribution is 2.37. The molecule has 0 spiro atoms. The third-order valence-corrected chi connectivity index (χ3v) is 5.84. The fourth-order valence-electron chi connectivity index (χ4n) is 4.01. The average Bonchev–Trinajstić information content (AvgIpc) is 3.56. The smallest absolute Gasteiger partial charge is 0.435 e. The lowest BCUT2D eigenvalue weighted by molar-refractivity contribution is -0.141. The highest BCUT2D eigenvalue weighted by molar-refractivity contribution is 5.91. The maximum Gasteiger partial charge on any atom is 0.435 e. The molecule has 0 saturated heterocycles. The molecule has 214 valence electrons. The van der Waals surface area contributed by atoms with Gasteiger partial charge in [0.05, 0.1) is 42.8 Å². The van der Waals surface area contributed by atoms with Crippen LogP contribution in [0.5, 0.6) is 11.6 Å². The van der Waals surface area contributed by atoms with Crippen molar-refractivity contribution >= 4 is 11.6 Å². The lowest BCUT2D eigenvalue weighted by atomic mass is 10.1. The van der Waals surface area contributed by atoms with Crippen molar-refractivity contribution in [3.05, 3.63) is 59.8 Å². The Kier molecular flexibility index (Phi) is 9.34. The second-order valence-corrected chi connectivity index (χ2v) is 8.55. The van der Waals surface area contributed by atoms with E-state index in [1.165, 1.54) is 29.2 Å². The van der Waals surface area contributed by atoms with E-state index in [0.717, 1.165) is 4.68 Å². The van der Waals surface area contributed by atoms with Gasteiger partial charge in [-0.15, -0.1) is 0 Å². The number of esters is 1. The first-order valence-corrected chi connectivity index (χ1v) is 12.5. The minimum absolute atomic E-state index is 0.0325. The Balaban J connectivity index is 1.59. The average molecular weight is 564 g/mol. The van der Waals surface area contributed by atoms with Gasteiger partial charge in [0.1, 0.15) is 12.4 Å². The Labute approximate surface area is 226 Å². The number of aliphatic hydroxyl groups excluding tert-OH is 2. The minimum Gasteiger partial charge on any atom is -0.460 e.